The molecule has 5 aromatic rings. The predicted molar refractivity (Wildman–Crippen MR) is 145 cm³/mol. The standard InChI is InChI=1S/C30H27NO3S/c1-4-33-29-20(3)30-26(16-25(29)19(2)14-28(32)31-17-24-10-7-13-35-24)27(18-34-30)23-12-11-21-8-5-6-9-22(21)15-23/h5-16,18H,4,17H2,1-3H3,(H,31,32)/b19-14+. The molecule has 5 rings (SSSR count). The number of nitrogens with one attached hydrogen (secondary N) is 1. The lowest BCUT2D eigenvalue weighted by Crippen LogP contribution is -2.20. The van der Waals surface area contributed by atoms with Gasteiger partial charge in [-0.05, 0) is 66.3 Å². The molecule has 0 aliphatic rings. The third-order valence-electron chi connectivity index (χ3n) is 6.18. The molecular formula is C30H27NO3S. The minimum Gasteiger partial charge on any atom is -0.493 e. The first-order valence-electron chi connectivity index (χ1n) is 11.7. The average molecular weight is 482 g/mol. The monoisotopic (exact) mass is 481 g/mol. The smallest absolute Gasteiger partial charge is 0.244 e. The number of thiophene rings is 1. The molecule has 176 valence electrons. The van der Waals surface area contributed by atoms with Crippen LogP contribution >= 0.6 is 11.3 Å². The SMILES string of the molecule is CCOc1c(/C(C)=C/C(=O)NCc2cccs2)cc2c(-c3ccc4ccccc4c3)coc2c1C. The molecule has 1 N–H and O–H groups in total. The summed E-state index contributed by atoms with van der Waals surface area (Å²) in [5.74, 6) is 0.622. The Labute approximate surface area is 208 Å². The lowest BCUT2D eigenvalue weighted by atomic mass is 9.95. The van der Waals surface area contributed by atoms with Gasteiger partial charge in [0.15, 0.2) is 0 Å². The van der Waals surface area contributed by atoms with E-state index in [9.17, 15) is 4.79 Å². The van der Waals surface area contributed by atoms with Gasteiger partial charge in [-0.1, -0.05) is 42.5 Å². The van der Waals surface area contributed by atoms with Crippen LogP contribution in [0.15, 0.2) is 82.8 Å². The van der Waals surface area contributed by atoms with Gasteiger partial charge in [-0.2, -0.15) is 0 Å². The van der Waals surface area contributed by atoms with Crippen molar-refractivity contribution in [2.24, 2.45) is 0 Å². The second kappa shape index (κ2) is 9.80. The van der Waals surface area contributed by atoms with Crippen molar-refractivity contribution in [2.75, 3.05) is 6.61 Å². The van der Waals surface area contributed by atoms with E-state index in [0.717, 1.165) is 49.4 Å². The molecule has 3 aromatic carbocycles. The summed E-state index contributed by atoms with van der Waals surface area (Å²) in [6.07, 6.45) is 3.46. The Morgan fingerprint density at radius 2 is 1.91 bits per heavy atom. The number of hydrogen-bond acceptors (Lipinski definition) is 4. The highest BCUT2D eigenvalue weighted by molar-refractivity contribution is 7.09. The maximum atomic E-state index is 12.7. The third-order valence-corrected chi connectivity index (χ3v) is 7.06. The van der Waals surface area contributed by atoms with Gasteiger partial charge in [0.2, 0.25) is 5.91 Å². The van der Waals surface area contributed by atoms with Crippen LogP contribution in [0.3, 0.4) is 0 Å². The van der Waals surface area contributed by atoms with Crippen LogP contribution in [0.1, 0.15) is 29.9 Å². The molecule has 0 aliphatic heterocycles. The molecule has 2 heterocycles. The number of hydrogen-bond donors (Lipinski definition) is 1. The number of benzene rings is 3. The van der Waals surface area contributed by atoms with Crippen molar-refractivity contribution in [3.05, 3.63) is 94.4 Å². The Bertz CT molecular complexity index is 1540. The van der Waals surface area contributed by atoms with Crippen molar-refractivity contribution < 1.29 is 13.9 Å². The highest BCUT2D eigenvalue weighted by Gasteiger charge is 2.19. The molecule has 2 aromatic heterocycles. The first kappa shape index (κ1) is 22.9. The number of fused-ring (bicyclic) bond motifs is 2. The van der Waals surface area contributed by atoms with Crippen LogP contribution in [0.25, 0.3) is 38.4 Å². The summed E-state index contributed by atoms with van der Waals surface area (Å²) < 4.78 is 12.1. The fraction of sp³-hybridized carbons (Fsp3) is 0.167. The van der Waals surface area contributed by atoms with E-state index < -0.39 is 0 Å². The van der Waals surface area contributed by atoms with Gasteiger partial charge >= 0.3 is 0 Å². The first-order chi connectivity index (χ1) is 17.0. The van der Waals surface area contributed by atoms with Gasteiger partial charge in [0.05, 0.1) is 19.4 Å². The van der Waals surface area contributed by atoms with Crippen LogP contribution in [0.4, 0.5) is 0 Å². The molecule has 5 heteroatoms. The van der Waals surface area contributed by atoms with E-state index in [4.69, 9.17) is 9.15 Å². The molecule has 0 spiro atoms. The van der Waals surface area contributed by atoms with E-state index in [1.807, 2.05) is 56.7 Å². The quantitative estimate of drug-likeness (QED) is 0.242. The number of allylic oxidation sites excluding steroid dienone is 1. The highest BCUT2D eigenvalue weighted by Crippen LogP contribution is 2.41. The van der Waals surface area contributed by atoms with E-state index in [2.05, 4.69) is 41.7 Å². The summed E-state index contributed by atoms with van der Waals surface area (Å²) in [4.78, 5) is 13.8. The second-order valence-electron chi connectivity index (χ2n) is 8.52. The van der Waals surface area contributed by atoms with E-state index in [1.54, 1.807) is 17.4 Å². The van der Waals surface area contributed by atoms with E-state index in [-0.39, 0.29) is 5.91 Å². The van der Waals surface area contributed by atoms with Gasteiger partial charge in [-0.25, -0.2) is 0 Å². The molecular weight excluding hydrogens is 454 g/mol. The van der Waals surface area contributed by atoms with Crippen molar-refractivity contribution >= 4 is 44.6 Å². The average Bonchev–Trinajstić information content (AvgIpc) is 3.54. The summed E-state index contributed by atoms with van der Waals surface area (Å²) >= 11 is 1.63. The lowest BCUT2D eigenvalue weighted by Gasteiger charge is -2.15. The lowest BCUT2D eigenvalue weighted by molar-refractivity contribution is -0.116. The summed E-state index contributed by atoms with van der Waals surface area (Å²) in [6, 6.07) is 20.9. The van der Waals surface area contributed by atoms with Gasteiger partial charge in [0, 0.05) is 33.0 Å². The fourth-order valence-electron chi connectivity index (χ4n) is 4.43. The minimum absolute atomic E-state index is 0.127. The van der Waals surface area contributed by atoms with Crippen molar-refractivity contribution in [3.63, 3.8) is 0 Å². The third kappa shape index (κ3) is 4.60. The number of furan rings is 1. The summed E-state index contributed by atoms with van der Waals surface area (Å²) in [7, 11) is 0. The number of ether oxygens (including phenoxy) is 1. The number of carbonyl (C=O) groups excluding carboxylic acids is 1. The van der Waals surface area contributed by atoms with Gasteiger partial charge in [0.1, 0.15) is 11.3 Å². The Balaban J connectivity index is 1.56. The van der Waals surface area contributed by atoms with Crippen molar-refractivity contribution in [1.29, 1.82) is 0 Å². The zero-order valence-electron chi connectivity index (χ0n) is 20.1. The van der Waals surface area contributed by atoms with E-state index >= 15 is 0 Å². The molecule has 1 amide bonds. The van der Waals surface area contributed by atoms with Gasteiger partial charge in [-0.15, -0.1) is 11.3 Å². The Kier molecular flexibility index (Phi) is 6.43. The van der Waals surface area contributed by atoms with Crippen LogP contribution < -0.4 is 10.1 Å². The maximum Gasteiger partial charge on any atom is 0.244 e. The second-order valence-corrected chi connectivity index (χ2v) is 9.56. The van der Waals surface area contributed by atoms with Crippen molar-refractivity contribution in [3.8, 4) is 16.9 Å². The molecule has 0 bridgehead atoms. The zero-order valence-corrected chi connectivity index (χ0v) is 20.9. The van der Waals surface area contributed by atoms with Crippen LogP contribution in [0.2, 0.25) is 0 Å². The Morgan fingerprint density at radius 1 is 1.09 bits per heavy atom. The van der Waals surface area contributed by atoms with Crippen LogP contribution in [-0.2, 0) is 11.3 Å². The summed E-state index contributed by atoms with van der Waals surface area (Å²) in [6.45, 7) is 6.96. The minimum atomic E-state index is -0.127. The molecule has 0 unspecified atom stereocenters. The highest BCUT2D eigenvalue weighted by atomic mass is 32.1. The molecule has 0 atom stereocenters. The Morgan fingerprint density at radius 3 is 2.69 bits per heavy atom. The van der Waals surface area contributed by atoms with Crippen LogP contribution in [-0.4, -0.2) is 12.5 Å². The molecule has 0 aliphatic carbocycles. The van der Waals surface area contributed by atoms with Crippen LogP contribution in [0, 0.1) is 6.92 Å². The largest absolute Gasteiger partial charge is 0.493 e. The first-order valence-corrected chi connectivity index (χ1v) is 12.6. The van der Waals surface area contributed by atoms with Crippen LogP contribution in [0.5, 0.6) is 5.75 Å². The predicted octanol–water partition coefficient (Wildman–Crippen LogP) is 7.74. The molecule has 0 saturated heterocycles. The number of amides is 1. The Hall–Kier alpha value is -3.83. The molecule has 0 saturated carbocycles. The maximum absolute atomic E-state index is 12.7. The molecule has 0 radical (unpaired) electrons. The number of carbonyl (C=O) groups is 1. The van der Waals surface area contributed by atoms with E-state index in [0.29, 0.717) is 13.2 Å². The number of aryl methyl sites for hydroxylation is 1. The molecule has 35 heavy (non-hydrogen) atoms. The van der Waals surface area contributed by atoms with Crippen molar-refractivity contribution in [2.45, 2.75) is 27.3 Å². The molecule has 4 nitrogen and oxygen atoms in total. The summed E-state index contributed by atoms with van der Waals surface area (Å²) in [5, 5.41) is 8.37. The van der Waals surface area contributed by atoms with Gasteiger partial charge in [-0.3, -0.25) is 4.79 Å². The molecule has 0 fully saturated rings. The van der Waals surface area contributed by atoms with Gasteiger partial charge < -0.3 is 14.5 Å². The summed E-state index contributed by atoms with van der Waals surface area (Å²) in [5.41, 5.74) is 5.58. The topological polar surface area (TPSA) is 51.5 Å². The van der Waals surface area contributed by atoms with Gasteiger partial charge in [0.25, 0.3) is 0 Å². The van der Waals surface area contributed by atoms with E-state index in [1.165, 1.54) is 10.8 Å². The fourth-order valence-corrected chi connectivity index (χ4v) is 5.08. The zero-order chi connectivity index (χ0) is 24.4. The number of rotatable bonds is 7. The normalized spacial score (nSPS) is 11.8. The van der Waals surface area contributed by atoms with Crippen molar-refractivity contribution in [1.82, 2.24) is 5.32 Å².